The van der Waals surface area contributed by atoms with Crippen LogP contribution in [0.15, 0.2) is 48.5 Å². The van der Waals surface area contributed by atoms with Crippen LogP contribution in [0.1, 0.15) is 33.4 Å². The number of benzene rings is 3. The van der Waals surface area contributed by atoms with Crippen molar-refractivity contribution in [3.8, 4) is 22.6 Å². The molecule has 3 nitrogen and oxygen atoms in total. The first kappa shape index (κ1) is 15.7. The summed E-state index contributed by atoms with van der Waals surface area (Å²) >= 11 is 0. The van der Waals surface area contributed by atoms with Crippen molar-refractivity contribution < 1.29 is 15.3 Å². The molecule has 0 fully saturated rings. The van der Waals surface area contributed by atoms with E-state index in [1.54, 1.807) is 24.3 Å². The van der Waals surface area contributed by atoms with Gasteiger partial charge in [-0.3, -0.25) is 0 Å². The molecule has 0 saturated heterocycles. The van der Waals surface area contributed by atoms with Crippen molar-refractivity contribution in [2.24, 2.45) is 0 Å². The predicted molar refractivity (Wildman–Crippen MR) is 98.0 cm³/mol. The average Bonchev–Trinajstić information content (AvgIpc) is 2.76. The lowest BCUT2D eigenvalue weighted by Gasteiger charge is -2.30. The summed E-state index contributed by atoms with van der Waals surface area (Å²) in [5, 5.41) is 32.0. The first-order chi connectivity index (χ1) is 11.8. The zero-order valence-corrected chi connectivity index (χ0v) is 14.5. The third-order valence-electron chi connectivity index (χ3n) is 5.11. The fourth-order valence-corrected chi connectivity index (χ4v) is 4.30. The molecule has 3 heteroatoms. The number of hydrogen-bond donors (Lipinski definition) is 3. The third kappa shape index (κ3) is 2.09. The minimum Gasteiger partial charge on any atom is -0.508 e. The highest BCUT2D eigenvalue weighted by Gasteiger charge is 2.45. The number of phenols is 2. The van der Waals surface area contributed by atoms with E-state index in [-0.39, 0.29) is 11.5 Å². The normalized spacial score (nSPS) is 14.2. The highest BCUT2D eigenvalue weighted by molar-refractivity contribution is 5.84. The molecule has 0 saturated carbocycles. The van der Waals surface area contributed by atoms with Gasteiger partial charge in [-0.25, -0.2) is 0 Å². The second kappa shape index (κ2) is 5.11. The van der Waals surface area contributed by atoms with E-state index in [4.69, 9.17) is 0 Å². The zero-order chi connectivity index (χ0) is 17.9. The molecule has 0 unspecified atom stereocenters. The molecule has 25 heavy (non-hydrogen) atoms. The van der Waals surface area contributed by atoms with Crippen LogP contribution in [0.5, 0.6) is 11.5 Å². The number of rotatable bonds is 1. The van der Waals surface area contributed by atoms with Crippen LogP contribution in [0.2, 0.25) is 0 Å². The largest absolute Gasteiger partial charge is 0.508 e. The van der Waals surface area contributed by atoms with Crippen LogP contribution in [0.4, 0.5) is 0 Å². The van der Waals surface area contributed by atoms with Crippen molar-refractivity contribution in [1.29, 1.82) is 0 Å². The van der Waals surface area contributed by atoms with Crippen LogP contribution >= 0.6 is 0 Å². The molecule has 3 aromatic rings. The SMILES string of the molecule is Cc1cc(C)c(C2(O)c3cc(O)ccc3-c3ccc(O)cc32)c(C)c1. The summed E-state index contributed by atoms with van der Waals surface area (Å²) in [5.74, 6) is 0.216. The molecule has 0 heterocycles. The van der Waals surface area contributed by atoms with E-state index in [0.717, 1.165) is 33.4 Å². The number of fused-ring (bicyclic) bond motifs is 3. The lowest BCUT2D eigenvalue weighted by atomic mass is 9.79. The van der Waals surface area contributed by atoms with Crippen LogP contribution in [0.3, 0.4) is 0 Å². The minimum atomic E-state index is -1.41. The number of aromatic hydroxyl groups is 2. The molecule has 1 aliphatic carbocycles. The van der Waals surface area contributed by atoms with Gasteiger partial charge >= 0.3 is 0 Å². The van der Waals surface area contributed by atoms with Gasteiger partial charge in [0.25, 0.3) is 0 Å². The maximum atomic E-state index is 11.9. The zero-order valence-electron chi connectivity index (χ0n) is 14.5. The monoisotopic (exact) mass is 332 g/mol. The summed E-state index contributed by atoms with van der Waals surface area (Å²) in [6.07, 6.45) is 0. The molecule has 0 aromatic heterocycles. The molecule has 0 amide bonds. The molecule has 0 radical (unpaired) electrons. The Bertz CT molecular complexity index is 943. The lowest BCUT2D eigenvalue weighted by Crippen LogP contribution is -2.28. The fraction of sp³-hybridized carbons (Fsp3) is 0.182. The Hall–Kier alpha value is -2.78. The summed E-state index contributed by atoms with van der Waals surface area (Å²) in [7, 11) is 0. The Balaban J connectivity index is 2.15. The van der Waals surface area contributed by atoms with E-state index >= 15 is 0 Å². The summed E-state index contributed by atoms with van der Waals surface area (Å²) in [4.78, 5) is 0. The molecule has 1 aliphatic rings. The van der Waals surface area contributed by atoms with E-state index in [0.29, 0.717) is 11.1 Å². The predicted octanol–water partition coefficient (Wildman–Crippen LogP) is 4.29. The Morgan fingerprint density at radius 1 is 0.680 bits per heavy atom. The maximum absolute atomic E-state index is 11.9. The second-order valence-electron chi connectivity index (χ2n) is 6.94. The number of aliphatic hydroxyl groups is 1. The van der Waals surface area contributed by atoms with Crippen molar-refractivity contribution in [3.05, 3.63) is 81.9 Å². The third-order valence-corrected chi connectivity index (χ3v) is 5.11. The smallest absolute Gasteiger partial charge is 0.142 e. The Morgan fingerprint density at radius 2 is 1.12 bits per heavy atom. The number of aryl methyl sites for hydroxylation is 3. The molecule has 3 aromatic carbocycles. The summed E-state index contributed by atoms with van der Waals surface area (Å²) < 4.78 is 0. The quantitative estimate of drug-likeness (QED) is 0.623. The van der Waals surface area contributed by atoms with E-state index in [1.807, 2.05) is 45.0 Å². The first-order valence-corrected chi connectivity index (χ1v) is 8.30. The highest BCUT2D eigenvalue weighted by Crippen LogP contribution is 2.53. The van der Waals surface area contributed by atoms with E-state index in [2.05, 4.69) is 0 Å². The lowest BCUT2D eigenvalue weighted by molar-refractivity contribution is 0.128. The van der Waals surface area contributed by atoms with Crippen molar-refractivity contribution in [2.75, 3.05) is 0 Å². The van der Waals surface area contributed by atoms with Gasteiger partial charge in [-0.05, 0) is 72.9 Å². The summed E-state index contributed by atoms with van der Waals surface area (Å²) in [5.41, 5.74) is 5.50. The number of phenolic OH excluding ortho intramolecular Hbond substituents is 2. The fourth-order valence-electron chi connectivity index (χ4n) is 4.30. The van der Waals surface area contributed by atoms with Crippen LogP contribution in [0, 0.1) is 20.8 Å². The first-order valence-electron chi connectivity index (χ1n) is 8.30. The van der Waals surface area contributed by atoms with Gasteiger partial charge in [0, 0.05) is 11.1 Å². The molecule has 0 atom stereocenters. The van der Waals surface area contributed by atoms with Crippen molar-refractivity contribution in [1.82, 2.24) is 0 Å². The number of hydrogen-bond acceptors (Lipinski definition) is 3. The Morgan fingerprint density at radius 3 is 1.56 bits per heavy atom. The molecule has 0 bridgehead atoms. The van der Waals surface area contributed by atoms with E-state index in [9.17, 15) is 15.3 Å². The van der Waals surface area contributed by atoms with Crippen LogP contribution < -0.4 is 0 Å². The molecule has 4 rings (SSSR count). The average molecular weight is 332 g/mol. The molecule has 126 valence electrons. The van der Waals surface area contributed by atoms with Gasteiger partial charge in [0.2, 0.25) is 0 Å². The Labute approximate surface area is 146 Å². The van der Waals surface area contributed by atoms with E-state index < -0.39 is 5.60 Å². The maximum Gasteiger partial charge on any atom is 0.142 e. The Kier molecular flexibility index (Phi) is 3.21. The van der Waals surface area contributed by atoms with Crippen LogP contribution in [-0.2, 0) is 5.60 Å². The van der Waals surface area contributed by atoms with Crippen LogP contribution in [-0.4, -0.2) is 15.3 Å². The second-order valence-corrected chi connectivity index (χ2v) is 6.94. The van der Waals surface area contributed by atoms with Gasteiger partial charge in [-0.2, -0.15) is 0 Å². The minimum absolute atomic E-state index is 0.108. The van der Waals surface area contributed by atoms with Crippen molar-refractivity contribution in [3.63, 3.8) is 0 Å². The van der Waals surface area contributed by atoms with Gasteiger partial charge in [-0.1, -0.05) is 29.8 Å². The topological polar surface area (TPSA) is 60.7 Å². The molecule has 3 N–H and O–H groups in total. The molecule has 0 spiro atoms. The van der Waals surface area contributed by atoms with Gasteiger partial charge < -0.3 is 15.3 Å². The molecular weight excluding hydrogens is 312 g/mol. The highest BCUT2D eigenvalue weighted by atomic mass is 16.3. The summed E-state index contributed by atoms with van der Waals surface area (Å²) in [6, 6.07) is 14.2. The van der Waals surface area contributed by atoms with Gasteiger partial charge in [0.05, 0.1) is 0 Å². The van der Waals surface area contributed by atoms with Gasteiger partial charge in [0.15, 0.2) is 0 Å². The standard InChI is InChI=1S/C22H20O3/c1-12-8-13(2)21(14(3)9-12)22(25)19-10-15(23)4-6-17(19)18-7-5-16(24)11-20(18)22/h4-11,23-25H,1-3H3. The van der Waals surface area contributed by atoms with Crippen molar-refractivity contribution in [2.45, 2.75) is 26.4 Å². The molecular formula is C22H20O3. The summed E-state index contributed by atoms with van der Waals surface area (Å²) in [6.45, 7) is 6.00. The van der Waals surface area contributed by atoms with Gasteiger partial charge in [0.1, 0.15) is 17.1 Å². The van der Waals surface area contributed by atoms with Gasteiger partial charge in [-0.15, -0.1) is 0 Å². The van der Waals surface area contributed by atoms with E-state index in [1.165, 1.54) is 0 Å². The van der Waals surface area contributed by atoms with Crippen LogP contribution in [0.25, 0.3) is 11.1 Å². The van der Waals surface area contributed by atoms with Crippen molar-refractivity contribution >= 4 is 0 Å². The molecule has 0 aliphatic heterocycles.